The van der Waals surface area contributed by atoms with Crippen LogP contribution in [0.2, 0.25) is 0 Å². The van der Waals surface area contributed by atoms with E-state index in [0.29, 0.717) is 5.69 Å². The van der Waals surface area contributed by atoms with Crippen molar-refractivity contribution in [3.8, 4) is 11.1 Å². The van der Waals surface area contributed by atoms with Crippen LogP contribution in [0.25, 0.3) is 11.1 Å². The molecule has 0 bridgehead atoms. The van der Waals surface area contributed by atoms with E-state index in [0.717, 1.165) is 39.1 Å². The summed E-state index contributed by atoms with van der Waals surface area (Å²) in [6, 6.07) is 47.1. The van der Waals surface area contributed by atoms with Gasteiger partial charge >= 0.3 is 0 Å². The van der Waals surface area contributed by atoms with Crippen molar-refractivity contribution in [1.29, 1.82) is 0 Å². The Morgan fingerprint density at radius 3 is 1.53 bits per heavy atom. The van der Waals surface area contributed by atoms with Crippen LogP contribution in [0.15, 0.2) is 152 Å². The highest BCUT2D eigenvalue weighted by atomic mass is 16.3. The molecule has 0 aliphatic rings. The largest absolute Gasteiger partial charge is 0.378 e. The Hall–Kier alpha value is -5.26. The second kappa shape index (κ2) is 12.4. The Bertz CT molecular complexity index is 1770. The first-order valence-corrected chi connectivity index (χ1v) is 15.3. The molecule has 0 aliphatic carbocycles. The number of aliphatic hydroxyl groups is 1. The molecule has 5 heteroatoms. The summed E-state index contributed by atoms with van der Waals surface area (Å²) < 4.78 is 2.14. The van der Waals surface area contributed by atoms with Crippen molar-refractivity contribution in [2.24, 2.45) is 5.92 Å². The number of benzene rings is 5. The molecule has 6 aromatic rings. The smallest absolute Gasteiger partial charge is 0.221 e. The first kappa shape index (κ1) is 29.8. The lowest BCUT2D eigenvalue weighted by Crippen LogP contribution is -2.37. The summed E-state index contributed by atoms with van der Waals surface area (Å²) >= 11 is 0. The molecular weight excluding hydrogens is 554 g/mol. The number of imidazole rings is 1. The summed E-state index contributed by atoms with van der Waals surface area (Å²) in [5.74, 6) is -0.265. The molecule has 1 amide bonds. The van der Waals surface area contributed by atoms with E-state index in [1.165, 1.54) is 6.92 Å². The molecular formula is C40H37N3O2. The van der Waals surface area contributed by atoms with Crippen molar-refractivity contribution in [2.75, 3.05) is 5.32 Å². The molecule has 224 valence electrons. The van der Waals surface area contributed by atoms with Gasteiger partial charge in [0.1, 0.15) is 11.1 Å². The van der Waals surface area contributed by atoms with Crippen LogP contribution in [-0.2, 0) is 15.9 Å². The van der Waals surface area contributed by atoms with Crippen LogP contribution in [0.5, 0.6) is 0 Å². The van der Waals surface area contributed by atoms with Gasteiger partial charge in [0.15, 0.2) is 0 Å². The van der Waals surface area contributed by atoms with Gasteiger partial charge in [0.05, 0.1) is 12.0 Å². The highest BCUT2D eigenvalue weighted by Crippen LogP contribution is 2.43. The van der Waals surface area contributed by atoms with Gasteiger partial charge in [-0.15, -0.1) is 0 Å². The van der Waals surface area contributed by atoms with Crippen LogP contribution in [0.4, 0.5) is 5.69 Å². The monoisotopic (exact) mass is 591 g/mol. The van der Waals surface area contributed by atoms with Gasteiger partial charge in [-0.3, -0.25) is 4.79 Å². The van der Waals surface area contributed by atoms with Crippen molar-refractivity contribution < 1.29 is 9.90 Å². The maximum absolute atomic E-state index is 12.5. The number of hydrogen-bond acceptors (Lipinski definition) is 3. The molecule has 0 spiro atoms. The minimum absolute atomic E-state index is 0.101. The lowest BCUT2D eigenvalue weighted by molar-refractivity contribution is -0.114. The molecule has 1 aromatic heterocycles. The normalized spacial score (nSPS) is 12.9. The summed E-state index contributed by atoms with van der Waals surface area (Å²) in [5, 5.41) is 15.3. The van der Waals surface area contributed by atoms with Gasteiger partial charge in [0.2, 0.25) is 5.91 Å². The topological polar surface area (TPSA) is 67.2 Å². The highest BCUT2D eigenvalue weighted by Gasteiger charge is 2.42. The van der Waals surface area contributed by atoms with Gasteiger partial charge in [0.25, 0.3) is 0 Å². The fourth-order valence-corrected chi connectivity index (χ4v) is 6.33. The fraction of sp³-hybridized carbons (Fsp3) is 0.150. The van der Waals surface area contributed by atoms with Crippen LogP contribution in [0.3, 0.4) is 0 Å². The number of amides is 1. The van der Waals surface area contributed by atoms with Gasteiger partial charge < -0.3 is 15.0 Å². The zero-order chi connectivity index (χ0) is 31.4. The zero-order valence-electron chi connectivity index (χ0n) is 25.8. The third-order valence-corrected chi connectivity index (χ3v) is 8.63. The fourth-order valence-electron chi connectivity index (χ4n) is 6.33. The molecule has 2 N–H and O–H groups in total. The number of hydrogen-bond donors (Lipinski definition) is 2. The summed E-state index contributed by atoms with van der Waals surface area (Å²) in [4.78, 5) is 16.3. The number of carbonyl (C=O) groups excluding carboxylic acids is 1. The van der Waals surface area contributed by atoms with Crippen LogP contribution in [0, 0.1) is 5.92 Å². The molecule has 6 rings (SSSR count). The van der Waals surface area contributed by atoms with Crippen molar-refractivity contribution >= 4 is 11.6 Å². The Morgan fingerprint density at radius 1 is 0.667 bits per heavy atom. The van der Waals surface area contributed by atoms with E-state index >= 15 is 0 Å². The SMILES string of the molecule is CC(=O)Nc1ccc(-c2ccc(C(O)(c3cn(C(c4ccccc4)(c4ccccc4)c4ccccc4)cn3)C(C)C)cc2)cc1. The number of anilines is 1. The molecule has 5 nitrogen and oxygen atoms in total. The van der Waals surface area contributed by atoms with Crippen LogP contribution in [0.1, 0.15) is 48.7 Å². The van der Waals surface area contributed by atoms with Gasteiger partial charge in [-0.25, -0.2) is 4.98 Å². The summed E-state index contributed by atoms with van der Waals surface area (Å²) in [6.07, 6.45) is 3.85. The maximum Gasteiger partial charge on any atom is 0.221 e. The first-order valence-electron chi connectivity index (χ1n) is 15.3. The van der Waals surface area contributed by atoms with E-state index in [9.17, 15) is 9.90 Å². The highest BCUT2D eigenvalue weighted by molar-refractivity contribution is 5.89. The number of nitrogens with one attached hydrogen (secondary N) is 1. The van der Waals surface area contributed by atoms with Gasteiger partial charge in [0, 0.05) is 18.8 Å². The number of nitrogens with zero attached hydrogens (tertiary/aromatic N) is 2. The predicted octanol–water partition coefficient (Wildman–Crippen LogP) is 8.24. The van der Waals surface area contributed by atoms with E-state index in [1.807, 2.05) is 93.1 Å². The maximum atomic E-state index is 12.5. The van der Waals surface area contributed by atoms with E-state index in [-0.39, 0.29) is 11.8 Å². The van der Waals surface area contributed by atoms with Crippen LogP contribution < -0.4 is 5.32 Å². The van der Waals surface area contributed by atoms with E-state index in [1.54, 1.807) is 0 Å². The van der Waals surface area contributed by atoms with Crippen molar-refractivity contribution in [1.82, 2.24) is 9.55 Å². The van der Waals surface area contributed by atoms with Crippen LogP contribution in [-0.4, -0.2) is 20.6 Å². The Kier molecular flexibility index (Phi) is 8.20. The molecule has 1 atom stereocenters. The van der Waals surface area contributed by atoms with Gasteiger partial charge in [-0.1, -0.05) is 141 Å². The average Bonchev–Trinajstić information content (AvgIpc) is 3.57. The van der Waals surface area contributed by atoms with Crippen molar-refractivity contribution in [2.45, 2.75) is 31.9 Å². The first-order chi connectivity index (χ1) is 21.8. The Morgan fingerprint density at radius 2 is 1.11 bits per heavy atom. The van der Waals surface area contributed by atoms with Crippen molar-refractivity contribution in [3.63, 3.8) is 0 Å². The minimum Gasteiger partial charge on any atom is -0.378 e. The van der Waals surface area contributed by atoms with Crippen LogP contribution >= 0.6 is 0 Å². The third-order valence-electron chi connectivity index (χ3n) is 8.63. The minimum atomic E-state index is -1.34. The standard InChI is InChI=1S/C40H37N3O2/c1-29(2)40(45,36-23-19-31(20-24-36)32-21-25-37(26-22-32)42-30(3)44)38-27-43(28-41-38)39(33-13-7-4-8-14-33,34-15-9-5-10-16-34)35-17-11-6-12-18-35/h4-29,45H,1-3H3,(H,42,44). The predicted molar refractivity (Wildman–Crippen MR) is 181 cm³/mol. The van der Waals surface area contributed by atoms with E-state index in [2.05, 4.69) is 82.7 Å². The number of carbonyl (C=O) groups is 1. The third kappa shape index (κ3) is 5.47. The second-order valence-electron chi connectivity index (χ2n) is 11.7. The summed E-state index contributed by atoms with van der Waals surface area (Å²) in [7, 11) is 0. The quantitative estimate of drug-likeness (QED) is 0.166. The van der Waals surface area contributed by atoms with E-state index < -0.39 is 11.1 Å². The van der Waals surface area contributed by atoms with Crippen molar-refractivity contribution in [3.05, 3.63) is 180 Å². The molecule has 0 saturated carbocycles. The molecule has 0 saturated heterocycles. The molecule has 45 heavy (non-hydrogen) atoms. The molecule has 0 aliphatic heterocycles. The Balaban J connectivity index is 1.45. The molecule has 1 heterocycles. The zero-order valence-corrected chi connectivity index (χ0v) is 25.8. The lowest BCUT2D eigenvalue weighted by Gasteiger charge is -2.37. The second-order valence-corrected chi connectivity index (χ2v) is 11.7. The Labute approximate surface area is 264 Å². The number of aromatic nitrogens is 2. The average molecular weight is 592 g/mol. The molecule has 0 radical (unpaired) electrons. The molecule has 5 aromatic carbocycles. The number of rotatable bonds is 9. The van der Waals surface area contributed by atoms with Gasteiger partial charge in [-0.2, -0.15) is 0 Å². The van der Waals surface area contributed by atoms with Gasteiger partial charge in [-0.05, 0) is 51.4 Å². The van der Waals surface area contributed by atoms with E-state index in [4.69, 9.17) is 4.98 Å². The summed E-state index contributed by atoms with van der Waals surface area (Å²) in [6.45, 7) is 5.54. The molecule has 0 fully saturated rings. The molecule has 1 unspecified atom stereocenters. The lowest BCUT2D eigenvalue weighted by atomic mass is 9.76. The summed E-state index contributed by atoms with van der Waals surface area (Å²) in [5.41, 5.74) is 5.35.